The number of carbonyl (C=O) groups excluding carboxylic acids is 2. The predicted molar refractivity (Wildman–Crippen MR) is 107 cm³/mol. The Morgan fingerprint density at radius 3 is 2.59 bits per heavy atom. The lowest BCUT2D eigenvalue weighted by molar-refractivity contribution is -0.151. The van der Waals surface area contributed by atoms with Crippen LogP contribution in [0.25, 0.3) is 0 Å². The van der Waals surface area contributed by atoms with E-state index in [2.05, 4.69) is 22.8 Å². The van der Waals surface area contributed by atoms with Gasteiger partial charge in [0, 0.05) is 21.0 Å². The maximum absolute atomic E-state index is 13.4. The van der Waals surface area contributed by atoms with Crippen LogP contribution in [0.4, 0.5) is 11.4 Å². The van der Waals surface area contributed by atoms with E-state index < -0.39 is 11.9 Å². The second kappa shape index (κ2) is 6.85. The lowest BCUT2D eigenvalue weighted by Gasteiger charge is -2.32. The third-order valence-corrected chi connectivity index (χ3v) is 6.34. The maximum Gasteiger partial charge on any atom is 0.316 e. The van der Waals surface area contributed by atoms with Crippen LogP contribution in [0.5, 0.6) is 0 Å². The van der Waals surface area contributed by atoms with Crippen molar-refractivity contribution < 1.29 is 14.3 Å². The van der Waals surface area contributed by atoms with Gasteiger partial charge in [-0.15, -0.1) is 11.3 Å². The Bertz CT molecular complexity index is 946. The molecule has 0 saturated heterocycles. The van der Waals surface area contributed by atoms with Crippen LogP contribution in [-0.2, 0) is 14.3 Å². The molecule has 0 saturated carbocycles. The molecule has 1 aliphatic carbocycles. The van der Waals surface area contributed by atoms with Crippen molar-refractivity contribution >= 4 is 34.5 Å². The summed E-state index contributed by atoms with van der Waals surface area (Å²) in [6.07, 6.45) is 0.623. The number of carbonyl (C=O) groups is 2. The summed E-state index contributed by atoms with van der Waals surface area (Å²) in [6, 6.07) is 11.7. The van der Waals surface area contributed by atoms with Crippen LogP contribution in [0, 0.1) is 18.8 Å². The molecule has 4 rings (SSSR count). The number of fused-ring (bicyclic) bond motifs is 1. The van der Waals surface area contributed by atoms with Gasteiger partial charge in [-0.2, -0.15) is 0 Å². The van der Waals surface area contributed by atoms with E-state index in [0.29, 0.717) is 12.0 Å². The van der Waals surface area contributed by atoms with Crippen molar-refractivity contribution in [1.82, 2.24) is 0 Å². The third kappa shape index (κ3) is 3.04. The molecule has 6 heteroatoms. The van der Waals surface area contributed by atoms with Crippen molar-refractivity contribution in [1.29, 1.82) is 0 Å². The number of aryl methyl sites for hydroxylation is 1. The van der Waals surface area contributed by atoms with Crippen molar-refractivity contribution in [3.63, 3.8) is 0 Å². The third-order valence-electron chi connectivity index (χ3n) is 5.27. The second-order valence-corrected chi connectivity index (χ2v) is 8.45. The number of ether oxygens (including phenoxy) is 1. The molecule has 2 aliphatic rings. The molecule has 2 heterocycles. The molecule has 27 heavy (non-hydrogen) atoms. The molecule has 1 aliphatic heterocycles. The summed E-state index contributed by atoms with van der Waals surface area (Å²) >= 11 is 1.66. The fraction of sp³-hybridized carbons (Fsp3) is 0.333. The fourth-order valence-electron chi connectivity index (χ4n) is 3.96. The number of para-hydroxylation sites is 2. The highest BCUT2D eigenvalue weighted by atomic mass is 32.1. The van der Waals surface area contributed by atoms with Gasteiger partial charge in [0.25, 0.3) is 0 Å². The minimum absolute atomic E-state index is 0.118. The molecule has 0 amide bonds. The molecule has 0 radical (unpaired) electrons. The highest BCUT2D eigenvalue weighted by Crippen LogP contribution is 2.44. The zero-order valence-corrected chi connectivity index (χ0v) is 16.4. The molecule has 1 aromatic heterocycles. The second-order valence-electron chi connectivity index (χ2n) is 7.14. The van der Waals surface area contributed by atoms with Crippen LogP contribution < -0.4 is 10.6 Å². The van der Waals surface area contributed by atoms with Gasteiger partial charge in [0.05, 0.1) is 24.5 Å². The zero-order chi connectivity index (χ0) is 19.1. The Morgan fingerprint density at radius 2 is 1.93 bits per heavy atom. The van der Waals surface area contributed by atoms with Gasteiger partial charge in [-0.1, -0.05) is 19.1 Å². The Labute approximate surface area is 162 Å². The molecule has 0 fully saturated rings. The molecular formula is C21H22N2O3S. The van der Waals surface area contributed by atoms with Gasteiger partial charge in [0.15, 0.2) is 5.78 Å². The van der Waals surface area contributed by atoms with Gasteiger partial charge in [0.1, 0.15) is 5.92 Å². The van der Waals surface area contributed by atoms with Gasteiger partial charge in [-0.25, -0.2) is 0 Å². The average Bonchev–Trinajstić information content (AvgIpc) is 3.00. The van der Waals surface area contributed by atoms with Gasteiger partial charge < -0.3 is 15.4 Å². The predicted octanol–water partition coefficient (Wildman–Crippen LogP) is 4.29. The number of benzene rings is 1. The maximum atomic E-state index is 13.4. The summed E-state index contributed by atoms with van der Waals surface area (Å²) < 4.78 is 4.93. The van der Waals surface area contributed by atoms with Gasteiger partial charge in [-0.05, 0) is 43.5 Å². The number of hydrogen-bond acceptors (Lipinski definition) is 6. The van der Waals surface area contributed by atoms with E-state index in [1.165, 1.54) is 12.0 Å². The molecule has 2 N–H and O–H groups in total. The highest BCUT2D eigenvalue weighted by Gasteiger charge is 2.44. The minimum atomic E-state index is -0.762. The van der Waals surface area contributed by atoms with Gasteiger partial charge in [-0.3, -0.25) is 9.59 Å². The summed E-state index contributed by atoms with van der Waals surface area (Å²) in [5, 5.41) is 6.98. The van der Waals surface area contributed by atoms with E-state index in [1.807, 2.05) is 38.1 Å². The zero-order valence-electron chi connectivity index (χ0n) is 15.5. The standard InChI is InChI=1S/C21H22N2O3S/c1-11-10-15-18(20(24)17(11)21(25)26-3)19(16-9-8-12(2)27-16)23-14-7-5-4-6-13(14)22-15/h4-9,11,17,19,22-23H,10H2,1-3H3/t11-,17+,19+/m1/s1. The minimum Gasteiger partial charge on any atom is -0.468 e. The number of hydrogen-bond donors (Lipinski definition) is 2. The normalized spacial score (nSPS) is 24.3. The van der Waals surface area contributed by atoms with Crippen molar-refractivity contribution in [3.8, 4) is 0 Å². The number of rotatable bonds is 2. The molecule has 140 valence electrons. The molecule has 0 bridgehead atoms. The molecule has 0 unspecified atom stereocenters. The molecule has 0 spiro atoms. The number of nitrogens with one attached hydrogen (secondary N) is 2. The van der Waals surface area contributed by atoms with Crippen LogP contribution in [0.15, 0.2) is 47.7 Å². The molecule has 5 nitrogen and oxygen atoms in total. The van der Waals surface area contributed by atoms with E-state index in [1.54, 1.807) is 11.3 Å². The van der Waals surface area contributed by atoms with E-state index in [9.17, 15) is 9.59 Å². The molecule has 2 aromatic rings. The van der Waals surface area contributed by atoms with E-state index in [-0.39, 0.29) is 17.7 Å². The summed E-state index contributed by atoms with van der Waals surface area (Å²) in [6.45, 7) is 3.98. The number of anilines is 2. The lowest BCUT2D eigenvalue weighted by Crippen LogP contribution is -2.39. The van der Waals surface area contributed by atoms with Crippen LogP contribution >= 0.6 is 11.3 Å². The van der Waals surface area contributed by atoms with Crippen molar-refractivity contribution in [2.24, 2.45) is 11.8 Å². The summed E-state index contributed by atoms with van der Waals surface area (Å²) in [5.74, 6) is -1.49. The Balaban J connectivity index is 1.86. The number of methoxy groups -OCH3 is 1. The number of allylic oxidation sites excluding steroid dienone is 1. The smallest absolute Gasteiger partial charge is 0.316 e. The first kappa shape index (κ1) is 17.8. The van der Waals surface area contributed by atoms with Crippen molar-refractivity contribution in [2.75, 3.05) is 17.7 Å². The van der Waals surface area contributed by atoms with E-state index in [0.717, 1.165) is 21.9 Å². The SMILES string of the molecule is COC(=O)[C@@H]1C(=O)C2=C(C[C@H]1C)Nc1ccccc1N[C@H]2c1ccc(C)s1. The van der Waals surface area contributed by atoms with Crippen molar-refractivity contribution in [3.05, 3.63) is 57.4 Å². The topological polar surface area (TPSA) is 67.4 Å². The van der Waals surface area contributed by atoms with Crippen LogP contribution in [0.3, 0.4) is 0 Å². The quantitative estimate of drug-likeness (QED) is 0.599. The largest absolute Gasteiger partial charge is 0.468 e. The van der Waals surface area contributed by atoms with Crippen LogP contribution in [0.2, 0.25) is 0 Å². The van der Waals surface area contributed by atoms with Crippen LogP contribution in [0.1, 0.15) is 29.1 Å². The highest BCUT2D eigenvalue weighted by molar-refractivity contribution is 7.12. The van der Waals surface area contributed by atoms with Gasteiger partial charge in [0.2, 0.25) is 0 Å². The summed E-state index contributed by atoms with van der Waals surface area (Å²) in [5.41, 5.74) is 3.41. The Kier molecular flexibility index (Phi) is 4.52. The molecular weight excluding hydrogens is 360 g/mol. The first-order valence-corrected chi connectivity index (χ1v) is 9.85. The number of ketones is 1. The Morgan fingerprint density at radius 1 is 1.19 bits per heavy atom. The van der Waals surface area contributed by atoms with Crippen molar-refractivity contribution in [2.45, 2.75) is 26.3 Å². The van der Waals surface area contributed by atoms with Gasteiger partial charge >= 0.3 is 5.97 Å². The fourth-order valence-corrected chi connectivity index (χ4v) is 4.89. The molecule has 3 atom stereocenters. The monoisotopic (exact) mass is 382 g/mol. The number of Topliss-reactive ketones (excluding diaryl/α,β-unsaturated/α-hetero) is 1. The van der Waals surface area contributed by atoms with Crippen LogP contribution in [-0.4, -0.2) is 18.9 Å². The van der Waals surface area contributed by atoms with E-state index in [4.69, 9.17) is 4.74 Å². The number of thiophene rings is 1. The first-order chi connectivity index (χ1) is 13.0. The lowest BCUT2D eigenvalue weighted by atomic mass is 9.75. The Hall–Kier alpha value is -2.60. The first-order valence-electron chi connectivity index (χ1n) is 9.03. The number of esters is 1. The average molecular weight is 382 g/mol. The summed E-state index contributed by atoms with van der Waals surface area (Å²) in [7, 11) is 1.34. The summed E-state index contributed by atoms with van der Waals surface area (Å²) in [4.78, 5) is 28.0. The molecule has 1 aromatic carbocycles. The van der Waals surface area contributed by atoms with E-state index >= 15 is 0 Å².